The van der Waals surface area contributed by atoms with Gasteiger partial charge in [0.05, 0.1) is 18.8 Å². The Kier molecular flexibility index (Phi) is 5.38. The molecule has 0 aliphatic carbocycles. The molecule has 0 radical (unpaired) electrons. The van der Waals surface area contributed by atoms with Crippen LogP contribution >= 0.6 is 15.9 Å². The fraction of sp³-hybridized carbons (Fsp3) is 0.500. The molecule has 0 aliphatic rings. The monoisotopic (exact) mass is 289 g/mol. The molecule has 90 valence electrons. The fourth-order valence-electron chi connectivity index (χ4n) is 1.40. The third-order valence-electron chi connectivity index (χ3n) is 2.28. The van der Waals surface area contributed by atoms with Crippen LogP contribution in [0, 0.1) is 5.82 Å². The van der Waals surface area contributed by atoms with Crippen molar-refractivity contribution < 1.29 is 9.13 Å². The van der Waals surface area contributed by atoms with E-state index in [1.54, 1.807) is 13.1 Å². The Hall–Kier alpha value is -0.450. The fourth-order valence-corrected chi connectivity index (χ4v) is 1.73. The smallest absolute Gasteiger partial charge is 0.129 e. The second-order valence-electron chi connectivity index (χ2n) is 3.89. The summed E-state index contributed by atoms with van der Waals surface area (Å²) in [5, 5.41) is 3.05. The van der Waals surface area contributed by atoms with Gasteiger partial charge in [0.2, 0.25) is 0 Å². The molecule has 0 bridgehead atoms. The molecule has 0 saturated heterocycles. The van der Waals surface area contributed by atoms with Crippen molar-refractivity contribution in [2.75, 3.05) is 13.7 Å². The molecule has 0 spiro atoms. The van der Waals surface area contributed by atoms with Gasteiger partial charge in [-0.1, -0.05) is 22.0 Å². The molecule has 4 heteroatoms. The minimum absolute atomic E-state index is 0.115. The zero-order valence-electron chi connectivity index (χ0n) is 9.76. The molecule has 16 heavy (non-hydrogen) atoms. The highest BCUT2D eigenvalue weighted by Gasteiger charge is 2.14. The van der Waals surface area contributed by atoms with Crippen molar-refractivity contribution in [3.05, 3.63) is 34.1 Å². The molecule has 0 heterocycles. The summed E-state index contributed by atoms with van der Waals surface area (Å²) in [5.74, 6) is -0.221. The van der Waals surface area contributed by atoms with E-state index in [2.05, 4.69) is 21.2 Å². The summed E-state index contributed by atoms with van der Waals surface area (Å²) >= 11 is 3.24. The highest BCUT2D eigenvalue weighted by Crippen LogP contribution is 2.21. The number of likely N-dealkylation sites (N-methyl/N-ethyl adjacent to an activating group) is 1. The first-order valence-electron chi connectivity index (χ1n) is 5.28. The summed E-state index contributed by atoms with van der Waals surface area (Å²) in [6.45, 7) is 4.39. The van der Waals surface area contributed by atoms with Gasteiger partial charge >= 0.3 is 0 Å². The zero-order chi connectivity index (χ0) is 12.1. The van der Waals surface area contributed by atoms with E-state index < -0.39 is 0 Å². The van der Waals surface area contributed by atoms with Crippen molar-refractivity contribution in [1.29, 1.82) is 0 Å². The van der Waals surface area contributed by atoms with Crippen LogP contribution in [0.25, 0.3) is 0 Å². The van der Waals surface area contributed by atoms with Crippen LogP contribution in [0.4, 0.5) is 4.39 Å². The first-order valence-corrected chi connectivity index (χ1v) is 6.07. The van der Waals surface area contributed by atoms with Gasteiger partial charge in [-0.3, -0.25) is 0 Å². The number of nitrogens with one attached hydrogen (secondary N) is 1. The number of halogens is 2. The predicted octanol–water partition coefficient (Wildman–Crippen LogP) is 3.27. The van der Waals surface area contributed by atoms with Crippen molar-refractivity contribution in [2.24, 2.45) is 0 Å². The van der Waals surface area contributed by atoms with E-state index in [0.717, 1.165) is 4.47 Å². The van der Waals surface area contributed by atoms with Gasteiger partial charge in [0.1, 0.15) is 5.82 Å². The molecule has 2 nitrogen and oxygen atoms in total. The van der Waals surface area contributed by atoms with E-state index in [1.807, 2.05) is 19.9 Å². The Bertz CT molecular complexity index is 344. The number of ether oxygens (including phenoxy) is 1. The van der Waals surface area contributed by atoms with E-state index in [0.29, 0.717) is 12.2 Å². The van der Waals surface area contributed by atoms with E-state index >= 15 is 0 Å². The molecular formula is C12H17BrFNO. The predicted molar refractivity (Wildman–Crippen MR) is 67.0 cm³/mol. The standard InChI is InChI=1S/C12H17BrFNO/c1-8(2)16-7-12(15-3)10-5-4-9(13)6-11(10)14/h4-6,8,12,15H,7H2,1-3H3. The average molecular weight is 290 g/mol. The molecule has 1 aromatic rings. The van der Waals surface area contributed by atoms with Crippen LogP contribution < -0.4 is 5.32 Å². The summed E-state index contributed by atoms with van der Waals surface area (Å²) in [7, 11) is 1.80. The number of hydrogen-bond donors (Lipinski definition) is 1. The maximum atomic E-state index is 13.7. The van der Waals surface area contributed by atoms with Crippen LogP contribution in [0.2, 0.25) is 0 Å². The Morgan fingerprint density at radius 3 is 2.62 bits per heavy atom. The number of benzene rings is 1. The van der Waals surface area contributed by atoms with Gasteiger partial charge in [0.25, 0.3) is 0 Å². The average Bonchev–Trinajstić information content (AvgIpc) is 2.21. The van der Waals surface area contributed by atoms with Crippen LogP contribution in [-0.2, 0) is 4.74 Å². The van der Waals surface area contributed by atoms with E-state index in [1.165, 1.54) is 6.07 Å². The second-order valence-corrected chi connectivity index (χ2v) is 4.80. The molecular weight excluding hydrogens is 273 g/mol. The minimum atomic E-state index is -0.221. The third kappa shape index (κ3) is 3.85. The molecule has 0 amide bonds. The maximum absolute atomic E-state index is 13.7. The molecule has 1 aromatic carbocycles. The highest BCUT2D eigenvalue weighted by atomic mass is 79.9. The Labute approximate surface area is 104 Å². The first-order chi connectivity index (χ1) is 7.54. The van der Waals surface area contributed by atoms with Gasteiger partial charge in [-0.2, -0.15) is 0 Å². The summed E-state index contributed by atoms with van der Waals surface area (Å²) in [5.41, 5.74) is 0.631. The van der Waals surface area contributed by atoms with Gasteiger partial charge < -0.3 is 10.1 Å². The molecule has 0 saturated carbocycles. The largest absolute Gasteiger partial charge is 0.377 e. The van der Waals surface area contributed by atoms with Crippen LogP contribution in [0.1, 0.15) is 25.5 Å². The first kappa shape index (κ1) is 13.6. The normalized spacial score (nSPS) is 13.1. The van der Waals surface area contributed by atoms with Crippen molar-refractivity contribution in [3.8, 4) is 0 Å². The van der Waals surface area contributed by atoms with Gasteiger partial charge in [0.15, 0.2) is 0 Å². The number of hydrogen-bond acceptors (Lipinski definition) is 2. The quantitative estimate of drug-likeness (QED) is 0.898. The lowest BCUT2D eigenvalue weighted by Gasteiger charge is -2.19. The lowest BCUT2D eigenvalue weighted by molar-refractivity contribution is 0.0619. The lowest BCUT2D eigenvalue weighted by atomic mass is 10.1. The Balaban J connectivity index is 2.78. The van der Waals surface area contributed by atoms with Crippen molar-refractivity contribution in [3.63, 3.8) is 0 Å². The molecule has 1 atom stereocenters. The topological polar surface area (TPSA) is 21.3 Å². The zero-order valence-corrected chi connectivity index (χ0v) is 11.3. The van der Waals surface area contributed by atoms with Crippen LogP contribution in [0.5, 0.6) is 0 Å². The lowest BCUT2D eigenvalue weighted by Crippen LogP contribution is -2.24. The number of rotatable bonds is 5. The van der Waals surface area contributed by atoms with E-state index in [-0.39, 0.29) is 18.0 Å². The van der Waals surface area contributed by atoms with Gasteiger partial charge in [0, 0.05) is 10.0 Å². The van der Waals surface area contributed by atoms with Crippen molar-refractivity contribution in [2.45, 2.75) is 26.0 Å². The van der Waals surface area contributed by atoms with Crippen LogP contribution in [-0.4, -0.2) is 19.8 Å². The van der Waals surface area contributed by atoms with Gasteiger partial charge in [-0.15, -0.1) is 0 Å². The second kappa shape index (κ2) is 6.33. The van der Waals surface area contributed by atoms with Crippen molar-refractivity contribution >= 4 is 15.9 Å². The molecule has 0 fully saturated rings. The van der Waals surface area contributed by atoms with Crippen LogP contribution in [0.15, 0.2) is 22.7 Å². The molecule has 1 N–H and O–H groups in total. The molecule has 0 aliphatic heterocycles. The Morgan fingerprint density at radius 1 is 1.44 bits per heavy atom. The van der Waals surface area contributed by atoms with Crippen molar-refractivity contribution in [1.82, 2.24) is 5.32 Å². The minimum Gasteiger partial charge on any atom is -0.377 e. The van der Waals surface area contributed by atoms with E-state index in [4.69, 9.17) is 4.74 Å². The maximum Gasteiger partial charge on any atom is 0.129 e. The summed E-state index contributed by atoms with van der Waals surface area (Å²) in [4.78, 5) is 0. The van der Waals surface area contributed by atoms with Gasteiger partial charge in [-0.25, -0.2) is 4.39 Å². The molecule has 1 unspecified atom stereocenters. The molecule has 0 aromatic heterocycles. The summed E-state index contributed by atoms with van der Waals surface area (Å²) in [6, 6.07) is 4.95. The van der Waals surface area contributed by atoms with E-state index in [9.17, 15) is 4.39 Å². The van der Waals surface area contributed by atoms with Gasteiger partial charge in [-0.05, 0) is 33.0 Å². The Morgan fingerprint density at radius 2 is 2.12 bits per heavy atom. The summed E-state index contributed by atoms with van der Waals surface area (Å²) in [6.07, 6.45) is 0.148. The SMILES string of the molecule is CNC(COC(C)C)c1ccc(Br)cc1F. The summed E-state index contributed by atoms with van der Waals surface area (Å²) < 4.78 is 19.9. The molecule has 1 rings (SSSR count). The highest BCUT2D eigenvalue weighted by molar-refractivity contribution is 9.10. The van der Waals surface area contributed by atoms with Crippen LogP contribution in [0.3, 0.4) is 0 Å². The third-order valence-corrected chi connectivity index (χ3v) is 2.78.